The lowest BCUT2D eigenvalue weighted by atomic mass is 9.91. The highest BCUT2D eigenvalue weighted by Gasteiger charge is 2.97. The van der Waals surface area contributed by atoms with Gasteiger partial charge in [-0.15, -0.1) is 0 Å². The highest BCUT2D eigenvalue weighted by molar-refractivity contribution is 6.83. The van der Waals surface area contributed by atoms with E-state index in [9.17, 15) is 65.9 Å². The molecule has 222 valence electrons. The number of rotatable bonds is 11. The zero-order valence-corrected chi connectivity index (χ0v) is 19.8. The van der Waals surface area contributed by atoms with Gasteiger partial charge in [-0.2, -0.15) is 74.6 Å². The summed E-state index contributed by atoms with van der Waals surface area (Å²) in [6.45, 7) is 1.19. The summed E-state index contributed by atoms with van der Waals surface area (Å²) in [4.78, 5) is 0. The first-order valence-electron chi connectivity index (χ1n) is 9.58. The molecule has 0 radical (unpaired) electrons. The van der Waals surface area contributed by atoms with Crippen molar-refractivity contribution < 1.29 is 83.5 Å². The molecule has 0 aliphatic rings. The van der Waals surface area contributed by atoms with Crippen LogP contribution in [-0.2, 0) is 15.3 Å². The molecular formula is C18H15F17O2Si. The number of benzene rings is 1. The van der Waals surface area contributed by atoms with Crippen LogP contribution in [0.3, 0.4) is 0 Å². The highest BCUT2D eigenvalue weighted by Crippen LogP contribution is 2.64. The summed E-state index contributed by atoms with van der Waals surface area (Å²) in [6, 6.07) is 3.35. The van der Waals surface area contributed by atoms with Gasteiger partial charge in [0, 0.05) is 19.4 Å². The number of halogens is 17. The molecule has 0 amide bonds. The lowest BCUT2D eigenvalue weighted by molar-refractivity contribution is -0.459. The lowest BCUT2D eigenvalue weighted by Gasteiger charge is -2.45. The molecular weight excluding hydrogens is 599 g/mol. The Bertz CT molecular complexity index is 985. The molecule has 0 bridgehead atoms. The second-order valence-corrected chi connectivity index (χ2v) is 10.8. The van der Waals surface area contributed by atoms with Gasteiger partial charge in [-0.05, 0) is 12.0 Å². The van der Waals surface area contributed by atoms with Crippen LogP contribution in [0.1, 0.15) is 12.5 Å². The summed E-state index contributed by atoms with van der Waals surface area (Å²) in [5, 5.41) is -1.14. The second-order valence-electron chi connectivity index (χ2n) is 7.55. The topological polar surface area (TPSA) is 18.5 Å². The van der Waals surface area contributed by atoms with Gasteiger partial charge in [0.15, 0.2) is 0 Å². The molecule has 0 heterocycles. The number of hydrogen-bond acceptors (Lipinski definition) is 2. The first kappa shape index (κ1) is 34.2. The largest absolute Gasteiger partial charge is 0.460 e. The van der Waals surface area contributed by atoms with E-state index in [1.807, 2.05) is 0 Å². The van der Waals surface area contributed by atoms with Gasteiger partial charge in [-0.25, -0.2) is 0 Å². The lowest BCUT2D eigenvalue weighted by Crippen LogP contribution is -2.80. The molecule has 1 aromatic rings. The van der Waals surface area contributed by atoms with Gasteiger partial charge < -0.3 is 8.85 Å². The molecule has 0 aliphatic carbocycles. The quantitative estimate of drug-likeness (QED) is 0.203. The van der Waals surface area contributed by atoms with Gasteiger partial charge in [0.2, 0.25) is 0 Å². The Balaban J connectivity index is 3.96. The zero-order chi connectivity index (χ0) is 30.6. The molecule has 1 aromatic carbocycles. The Hall–Kier alpha value is -1.83. The van der Waals surface area contributed by atoms with Gasteiger partial charge in [-0.3, -0.25) is 0 Å². The standard InChI is InChI=1S/C18H15F17O2Si/c1-4-9-7-5-6-8-10(9)38(36-2,37-3)18(34,35)16(29,30)14(25,26)12(21,22)11(19,20)13(23,24)15(27,28)17(31,32)33/h5-8H,4H2,1-3H3. The average molecular weight is 614 g/mol. The first-order chi connectivity index (χ1) is 16.7. The third kappa shape index (κ3) is 4.15. The van der Waals surface area contributed by atoms with Crippen molar-refractivity contribution in [2.75, 3.05) is 14.2 Å². The minimum atomic E-state index is -8.70. The van der Waals surface area contributed by atoms with Crippen LogP contribution in [0, 0.1) is 0 Å². The molecule has 0 saturated carbocycles. The van der Waals surface area contributed by atoms with Gasteiger partial charge in [0.25, 0.3) is 0 Å². The van der Waals surface area contributed by atoms with Crippen molar-refractivity contribution in [2.45, 2.75) is 60.6 Å². The van der Waals surface area contributed by atoms with E-state index in [0.717, 1.165) is 18.2 Å². The van der Waals surface area contributed by atoms with Crippen LogP contribution < -0.4 is 5.19 Å². The van der Waals surface area contributed by atoms with E-state index in [1.165, 1.54) is 6.92 Å². The second kappa shape index (κ2) is 9.67. The monoisotopic (exact) mass is 614 g/mol. The zero-order valence-electron chi connectivity index (χ0n) is 18.8. The molecule has 0 aliphatic heterocycles. The SMILES string of the molecule is CCc1ccccc1[Si](OC)(OC)C(F)(F)C(F)(F)C(F)(F)C(F)(F)C(F)(F)C(F)(F)C(F)(F)C(F)(F)F. The minimum Gasteiger partial charge on any atom is -0.391 e. The van der Waals surface area contributed by atoms with Crippen LogP contribution in [-0.4, -0.2) is 70.0 Å². The molecule has 1 rings (SSSR count). The van der Waals surface area contributed by atoms with Crippen molar-refractivity contribution in [3.8, 4) is 0 Å². The van der Waals surface area contributed by atoms with Gasteiger partial charge in [-0.1, -0.05) is 31.2 Å². The molecule has 0 spiro atoms. The number of aryl methyl sites for hydroxylation is 1. The van der Waals surface area contributed by atoms with E-state index >= 15 is 8.78 Å². The van der Waals surface area contributed by atoms with Crippen LogP contribution in [0.25, 0.3) is 0 Å². The van der Waals surface area contributed by atoms with Crippen molar-refractivity contribution in [1.29, 1.82) is 0 Å². The summed E-state index contributed by atoms with van der Waals surface area (Å²) in [6.07, 6.45) is -8.17. The number of alkyl halides is 17. The maximum atomic E-state index is 15.1. The Morgan fingerprint density at radius 2 is 0.895 bits per heavy atom. The number of hydrogen-bond donors (Lipinski definition) is 0. The Morgan fingerprint density at radius 1 is 0.553 bits per heavy atom. The maximum absolute atomic E-state index is 15.1. The minimum absolute atomic E-state index is 0.134. The molecule has 0 fully saturated rings. The van der Waals surface area contributed by atoms with Crippen LogP contribution in [0.15, 0.2) is 24.3 Å². The molecule has 2 nitrogen and oxygen atoms in total. The fourth-order valence-electron chi connectivity index (χ4n) is 3.25. The van der Waals surface area contributed by atoms with Crippen molar-refractivity contribution >= 4 is 13.7 Å². The van der Waals surface area contributed by atoms with Crippen LogP contribution >= 0.6 is 0 Å². The van der Waals surface area contributed by atoms with E-state index in [2.05, 4.69) is 8.85 Å². The molecule has 38 heavy (non-hydrogen) atoms. The average Bonchev–Trinajstić information content (AvgIpc) is 2.78. The first-order valence-corrected chi connectivity index (χ1v) is 11.4. The van der Waals surface area contributed by atoms with Gasteiger partial charge in [0.1, 0.15) is 0 Å². The Labute approximate surface area is 202 Å². The summed E-state index contributed by atoms with van der Waals surface area (Å²) in [5.41, 5.74) is -7.21. The van der Waals surface area contributed by atoms with Crippen LogP contribution in [0.2, 0.25) is 0 Å². The highest BCUT2D eigenvalue weighted by atomic mass is 28.4. The summed E-state index contributed by atoms with van der Waals surface area (Å²) >= 11 is 0. The van der Waals surface area contributed by atoms with Crippen LogP contribution in [0.5, 0.6) is 0 Å². The van der Waals surface area contributed by atoms with Crippen molar-refractivity contribution in [2.24, 2.45) is 0 Å². The normalized spacial score (nSPS) is 15.7. The smallest absolute Gasteiger partial charge is 0.391 e. The molecule has 0 aromatic heterocycles. The van der Waals surface area contributed by atoms with E-state index in [-0.39, 0.29) is 20.6 Å². The maximum Gasteiger partial charge on any atom is 0.460 e. The van der Waals surface area contributed by atoms with Crippen molar-refractivity contribution in [1.82, 2.24) is 0 Å². The molecule has 20 heteroatoms. The van der Waals surface area contributed by atoms with Crippen LogP contribution in [0.4, 0.5) is 74.6 Å². The summed E-state index contributed by atoms with van der Waals surface area (Å²) < 4.78 is 241. The summed E-state index contributed by atoms with van der Waals surface area (Å²) in [7, 11) is -6.30. The predicted molar refractivity (Wildman–Crippen MR) is 95.9 cm³/mol. The van der Waals surface area contributed by atoms with Crippen molar-refractivity contribution in [3.63, 3.8) is 0 Å². The van der Waals surface area contributed by atoms with E-state index in [4.69, 9.17) is 0 Å². The fourth-order valence-corrected chi connectivity index (χ4v) is 6.28. The van der Waals surface area contributed by atoms with Crippen molar-refractivity contribution in [3.05, 3.63) is 29.8 Å². The van der Waals surface area contributed by atoms with Gasteiger partial charge >= 0.3 is 55.8 Å². The third-order valence-corrected chi connectivity index (χ3v) is 8.95. The molecule has 0 N–H and O–H groups in total. The predicted octanol–water partition coefficient (Wildman–Crippen LogP) is 6.74. The fraction of sp³-hybridized carbons (Fsp3) is 0.667. The van der Waals surface area contributed by atoms with E-state index in [0.29, 0.717) is 6.07 Å². The van der Waals surface area contributed by atoms with Gasteiger partial charge in [0.05, 0.1) is 0 Å². The Kier molecular flexibility index (Phi) is 8.70. The van der Waals surface area contributed by atoms with E-state index in [1.54, 1.807) is 0 Å². The summed E-state index contributed by atoms with van der Waals surface area (Å²) in [5.74, 6) is -50.5. The molecule has 0 unspecified atom stereocenters. The molecule has 0 saturated heterocycles. The Morgan fingerprint density at radius 3 is 1.24 bits per heavy atom. The molecule has 0 atom stereocenters. The third-order valence-electron chi connectivity index (χ3n) is 5.46. The van der Waals surface area contributed by atoms with E-state index < -0.39 is 66.6 Å².